The molecule has 0 spiro atoms. The van der Waals surface area contributed by atoms with E-state index in [-0.39, 0.29) is 17.3 Å². The summed E-state index contributed by atoms with van der Waals surface area (Å²) in [5.74, 6) is -3.17. The maximum absolute atomic E-state index is 14.9. The van der Waals surface area contributed by atoms with E-state index in [2.05, 4.69) is 31.1 Å². The van der Waals surface area contributed by atoms with Gasteiger partial charge in [-0.2, -0.15) is 31.6 Å². The van der Waals surface area contributed by atoms with Crippen molar-refractivity contribution in [2.75, 3.05) is 13.1 Å². The number of rotatable bonds is 7. The minimum atomic E-state index is -4.69. The zero-order valence-electron chi connectivity index (χ0n) is 26.1. The van der Waals surface area contributed by atoms with Gasteiger partial charge in [0.15, 0.2) is 17.3 Å². The van der Waals surface area contributed by atoms with Gasteiger partial charge >= 0.3 is 12.4 Å². The van der Waals surface area contributed by atoms with Crippen molar-refractivity contribution in [2.45, 2.75) is 69.6 Å². The Labute approximate surface area is 275 Å². The molecule has 1 atom stereocenters. The van der Waals surface area contributed by atoms with E-state index in [1.54, 1.807) is 18.2 Å². The Morgan fingerprint density at radius 3 is 2.39 bits per heavy atom. The number of nitrogens with one attached hydrogen (secondary N) is 1. The number of fused-ring (bicyclic) bond motifs is 1. The summed E-state index contributed by atoms with van der Waals surface area (Å²) < 4.78 is 106. The molecular formula is C34H29F7N6O2. The molecule has 0 radical (unpaired) electrons. The summed E-state index contributed by atoms with van der Waals surface area (Å²) in [5.41, 5.74) is 0.915. The van der Waals surface area contributed by atoms with E-state index in [1.807, 2.05) is 6.07 Å². The highest BCUT2D eigenvalue weighted by molar-refractivity contribution is 5.56. The summed E-state index contributed by atoms with van der Waals surface area (Å²) in [5, 5.41) is 16.6. The molecule has 3 aliphatic rings. The van der Waals surface area contributed by atoms with Crippen molar-refractivity contribution in [2.24, 2.45) is 5.41 Å². The summed E-state index contributed by atoms with van der Waals surface area (Å²) in [6.07, 6.45) is -4.58. The molecule has 4 heterocycles. The Bertz CT molecular complexity index is 1940. The third-order valence-electron chi connectivity index (χ3n) is 9.51. The molecule has 7 rings (SSSR count). The number of hydrogen-bond donors (Lipinski definition) is 1. The van der Waals surface area contributed by atoms with E-state index < -0.39 is 40.8 Å². The molecule has 1 N–H and O–H groups in total. The molecule has 15 heteroatoms. The summed E-state index contributed by atoms with van der Waals surface area (Å²) >= 11 is 0. The van der Waals surface area contributed by atoms with Gasteiger partial charge in [-0.25, -0.2) is 4.39 Å². The predicted molar refractivity (Wildman–Crippen MR) is 159 cm³/mol. The lowest BCUT2D eigenvalue weighted by Crippen LogP contribution is -2.34. The smallest absolute Gasteiger partial charge is 0.444 e. The average molecular weight is 687 g/mol. The molecular weight excluding hydrogens is 657 g/mol. The van der Waals surface area contributed by atoms with E-state index in [4.69, 9.17) is 9.47 Å². The van der Waals surface area contributed by atoms with Crippen molar-refractivity contribution < 1.29 is 40.2 Å². The molecule has 1 aliphatic carbocycles. The second-order valence-corrected chi connectivity index (χ2v) is 13.0. The molecule has 49 heavy (non-hydrogen) atoms. The molecule has 0 amide bonds. The van der Waals surface area contributed by atoms with Gasteiger partial charge in [0.25, 0.3) is 5.79 Å². The number of benzene rings is 2. The van der Waals surface area contributed by atoms with Crippen LogP contribution in [0.5, 0.6) is 11.5 Å². The highest BCUT2D eigenvalue weighted by Gasteiger charge is 2.45. The van der Waals surface area contributed by atoms with Crippen LogP contribution < -0.4 is 9.47 Å². The number of likely N-dealkylation sites (tertiary alicyclic amines) is 1. The van der Waals surface area contributed by atoms with Crippen LogP contribution in [0.15, 0.2) is 48.7 Å². The Hall–Kier alpha value is -4.71. The first-order chi connectivity index (χ1) is 23.2. The first-order valence-electron chi connectivity index (χ1n) is 15.7. The molecule has 1 unspecified atom stereocenters. The highest BCUT2D eigenvalue weighted by atomic mass is 19.4. The van der Waals surface area contributed by atoms with Gasteiger partial charge in [-0.3, -0.25) is 9.88 Å². The average Bonchev–Trinajstić information content (AvgIpc) is 3.45. The van der Waals surface area contributed by atoms with Crippen LogP contribution in [0.4, 0.5) is 30.7 Å². The second kappa shape index (κ2) is 11.7. The lowest BCUT2D eigenvalue weighted by molar-refractivity contribution is -0.144. The molecule has 1 saturated carbocycles. The van der Waals surface area contributed by atoms with Crippen LogP contribution in [0.3, 0.4) is 0 Å². The zero-order valence-corrected chi connectivity index (χ0v) is 26.1. The minimum absolute atomic E-state index is 0.0482. The highest BCUT2D eigenvalue weighted by Crippen LogP contribution is 2.51. The Balaban J connectivity index is 1.06. The molecule has 4 aromatic rings. The van der Waals surface area contributed by atoms with Crippen molar-refractivity contribution in [3.63, 3.8) is 0 Å². The summed E-state index contributed by atoms with van der Waals surface area (Å²) in [6.45, 7) is 3.27. The van der Waals surface area contributed by atoms with Crippen LogP contribution in [0.1, 0.15) is 72.3 Å². The van der Waals surface area contributed by atoms with Crippen molar-refractivity contribution >= 4 is 0 Å². The first-order valence-corrected chi connectivity index (χ1v) is 15.7. The molecule has 2 fully saturated rings. The minimum Gasteiger partial charge on any atom is -0.444 e. The standard InChI is InChI=1S/C34H29F7N6O2/c1-31(24-6-5-22(14-25(24)35)33(36,37)38)48-27-4-2-3-23(28(27)49-31)19-7-11-47(12-8-19)17-26-20(15-32(18-42)9-10-32)13-21(16-43-26)29-44-30(46-45-29)34(39,40)41/h2-6,13-14,16,19H,7-12,15,17H2,1H3,(H,44,45,46). The first kappa shape index (κ1) is 32.8. The van der Waals surface area contributed by atoms with E-state index in [0.717, 1.165) is 54.6 Å². The number of H-pyrrole nitrogens is 1. The topological polar surface area (TPSA) is 100.0 Å². The number of aromatic amines is 1. The van der Waals surface area contributed by atoms with Gasteiger partial charge in [0.05, 0.1) is 28.3 Å². The molecule has 2 aromatic carbocycles. The van der Waals surface area contributed by atoms with Gasteiger partial charge in [0.2, 0.25) is 5.82 Å². The van der Waals surface area contributed by atoms with Gasteiger partial charge < -0.3 is 14.5 Å². The van der Waals surface area contributed by atoms with E-state index >= 15 is 0 Å². The number of halogens is 7. The van der Waals surface area contributed by atoms with Crippen LogP contribution >= 0.6 is 0 Å². The van der Waals surface area contributed by atoms with Gasteiger partial charge in [0, 0.05) is 30.8 Å². The van der Waals surface area contributed by atoms with Crippen LogP contribution in [-0.4, -0.2) is 38.2 Å². The molecule has 8 nitrogen and oxygen atoms in total. The summed E-state index contributed by atoms with van der Waals surface area (Å²) in [6, 6.07) is 11.7. The third kappa shape index (κ3) is 6.41. The number of para-hydroxylation sites is 1. The van der Waals surface area contributed by atoms with Crippen LogP contribution in [0.2, 0.25) is 0 Å². The third-order valence-corrected chi connectivity index (χ3v) is 9.51. The Kier molecular flexibility index (Phi) is 7.85. The summed E-state index contributed by atoms with van der Waals surface area (Å²) in [4.78, 5) is 9.04. The molecule has 1 saturated heterocycles. The van der Waals surface area contributed by atoms with E-state index in [1.165, 1.54) is 13.1 Å². The monoisotopic (exact) mass is 686 g/mol. The lowest BCUT2D eigenvalue weighted by Gasteiger charge is -2.33. The number of aromatic nitrogens is 4. The molecule has 2 aliphatic heterocycles. The number of hydrogen-bond acceptors (Lipinski definition) is 7. The number of alkyl halides is 6. The van der Waals surface area contributed by atoms with Gasteiger partial charge in [0.1, 0.15) is 5.82 Å². The number of piperidine rings is 1. The zero-order chi connectivity index (χ0) is 34.8. The van der Waals surface area contributed by atoms with Crippen molar-refractivity contribution in [3.05, 3.63) is 88.3 Å². The molecule has 256 valence electrons. The van der Waals surface area contributed by atoms with Gasteiger partial charge in [-0.15, -0.1) is 10.2 Å². The van der Waals surface area contributed by atoms with Gasteiger partial charge in [-0.05, 0) is 87.0 Å². The Morgan fingerprint density at radius 2 is 1.76 bits per heavy atom. The summed E-state index contributed by atoms with van der Waals surface area (Å²) in [7, 11) is 0. The van der Waals surface area contributed by atoms with E-state index in [9.17, 15) is 36.0 Å². The van der Waals surface area contributed by atoms with E-state index in [0.29, 0.717) is 49.2 Å². The SMILES string of the molecule is CC1(c2ccc(C(F)(F)F)cc2F)Oc2cccc(C3CCN(Cc4ncc(-c5nnc(C(F)(F)F)[nH]5)cc4CC4(C#N)CC4)CC3)c2O1. The lowest BCUT2D eigenvalue weighted by atomic mass is 9.88. The van der Waals surface area contributed by atoms with Gasteiger partial charge in [-0.1, -0.05) is 12.1 Å². The van der Waals surface area contributed by atoms with Crippen molar-refractivity contribution in [1.29, 1.82) is 5.26 Å². The van der Waals surface area contributed by atoms with Crippen molar-refractivity contribution in [1.82, 2.24) is 25.1 Å². The maximum Gasteiger partial charge on any atom is 0.451 e. The molecule has 2 aromatic heterocycles. The number of nitrogens with zero attached hydrogens (tertiary/aromatic N) is 5. The quantitative estimate of drug-likeness (QED) is 0.197. The largest absolute Gasteiger partial charge is 0.451 e. The number of nitriles is 1. The normalized spacial score (nSPS) is 20.7. The predicted octanol–water partition coefficient (Wildman–Crippen LogP) is 7.91. The van der Waals surface area contributed by atoms with Crippen LogP contribution in [0.25, 0.3) is 11.4 Å². The fourth-order valence-corrected chi connectivity index (χ4v) is 6.58. The number of pyridine rings is 1. The fourth-order valence-electron chi connectivity index (χ4n) is 6.58. The van der Waals surface area contributed by atoms with Crippen molar-refractivity contribution in [3.8, 4) is 29.0 Å². The van der Waals surface area contributed by atoms with Crippen LogP contribution in [0, 0.1) is 22.6 Å². The second-order valence-electron chi connectivity index (χ2n) is 13.0. The number of ether oxygens (including phenoxy) is 2. The molecule has 0 bridgehead atoms. The van der Waals surface area contributed by atoms with Crippen LogP contribution in [-0.2, 0) is 31.1 Å². The fraction of sp³-hybridized carbons (Fsp3) is 0.412. The maximum atomic E-state index is 14.9. The Morgan fingerprint density at radius 1 is 1.00 bits per heavy atom.